The van der Waals surface area contributed by atoms with Gasteiger partial charge in [0.1, 0.15) is 0 Å². The molecule has 1 heterocycles. The van der Waals surface area contributed by atoms with Crippen molar-refractivity contribution in [2.45, 2.75) is 81.6 Å². The molecule has 0 fully saturated rings. The van der Waals surface area contributed by atoms with Crippen molar-refractivity contribution < 1.29 is 30.0 Å². The summed E-state index contributed by atoms with van der Waals surface area (Å²) in [7, 11) is 0. The summed E-state index contributed by atoms with van der Waals surface area (Å²) < 4.78 is 0. The summed E-state index contributed by atoms with van der Waals surface area (Å²) in [5.41, 5.74) is 11.4. The van der Waals surface area contributed by atoms with E-state index in [0.717, 1.165) is 17.7 Å². The van der Waals surface area contributed by atoms with E-state index in [-0.39, 0.29) is 37.1 Å². The number of aliphatic hydroxyl groups is 1. The van der Waals surface area contributed by atoms with Gasteiger partial charge in [-0.3, -0.25) is 4.79 Å². The van der Waals surface area contributed by atoms with Crippen molar-refractivity contribution in [1.29, 1.82) is 0 Å². The van der Waals surface area contributed by atoms with E-state index < -0.39 is 0 Å². The number of hydrogen-bond acceptors (Lipinski definition) is 3. The summed E-state index contributed by atoms with van der Waals surface area (Å²) in [6.07, 6.45) is 5.45. The number of aliphatic hydroxyl groups excluding tert-OH is 1. The zero-order valence-electron chi connectivity index (χ0n) is 27.2. The van der Waals surface area contributed by atoms with Gasteiger partial charge in [-0.2, -0.15) is 0 Å². The predicted octanol–water partition coefficient (Wildman–Crippen LogP) is 10.6. The molecule has 0 saturated carbocycles. The Morgan fingerprint density at radius 3 is 2.21 bits per heavy atom. The number of fused-ring (bicyclic) bond motifs is 5. The summed E-state index contributed by atoms with van der Waals surface area (Å²) in [5.74, 6) is 0.979. The fourth-order valence-electron chi connectivity index (χ4n) is 5.78. The molecule has 1 aliphatic carbocycles. The quantitative estimate of drug-likeness (QED) is 0.107. The van der Waals surface area contributed by atoms with Crippen LogP contribution in [0.4, 0.5) is 0 Å². The maximum atomic E-state index is 11.2. The molecule has 1 aromatic heterocycles. The van der Waals surface area contributed by atoms with Crippen molar-refractivity contribution in [3.05, 3.63) is 89.3 Å². The molecule has 1 aliphatic rings. The zero-order chi connectivity index (χ0) is 30.8. The van der Waals surface area contributed by atoms with Crippen molar-refractivity contribution >= 4 is 16.6 Å². The van der Waals surface area contributed by atoms with Crippen LogP contribution in [0, 0.1) is 37.2 Å². The minimum atomic E-state index is 0. The molecule has 0 spiro atoms. The summed E-state index contributed by atoms with van der Waals surface area (Å²) in [5, 5.41) is 11.8. The Hall–Kier alpha value is -3.07. The average molecular weight is 753 g/mol. The second-order valence-electron chi connectivity index (χ2n) is 14.0. The van der Waals surface area contributed by atoms with Gasteiger partial charge in [-0.1, -0.05) is 96.8 Å². The second-order valence-corrected chi connectivity index (χ2v) is 14.0. The third kappa shape index (κ3) is 8.74. The molecule has 0 unspecified atom stereocenters. The maximum absolute atomic E-state index is 11.2. The number of aromatic nitrogens is 1. The first-order valence-corrected chi connectivity index (χ1v) is 15.2. The predicted molar refractivity (Wildman–Crippen MR) is 178 cm³/mol. The number of allylic oxidation sites excluding steroid dienone is 2. The number of benzene rings is 3. The number of aryl methyl sites for hydroxylation is 2. The first-order chi connectivity index (χ1) is 19.7. The van der Waals surface area contributed by atoms with Crippen LogP contribution in [0.1, 0.15) is 78.0 Å². The normalized spacial score (nSPS) is 12.2. The molecule has 0 amide bonds. The van der Waals surface area contributed by atoms with Crippen molar-refractivity contribution in [3.8, 4) is 33.5 Å². The minimum absolute atomic E-state index is 0. The Bertz CT molecular complexity index is 1640. The van der Waals surface area contributed by atoms with Crippen LogP contribution in [0.2, 0.25) is 0 Å². The van der Waals surface area contributed by atoms with Crippen LogP contribution in [-0.4, -0.2) is 15.9 Å². The maximum Gasteiger partial charge on any atom is 0.159 e. The molecular formula is C39H46IrNO2-. The number of nitrogens with zero attached hydrogens (tertiary/aromatic N) is 1. The molecular weight excluding hydrogens is 707 g/mol. The van der Waals surface area contributed by atoms with Gasteiger partial charge < -0.3 is 10.1 Å². The average Bonchev–Trinajstić information content (AvgIpc) is 2.96. The van der Waals surface area contributed by atoms with Crippen LogP contribution in [0.5, 0.6) is 0 Å². The standard InChI is InChI=1S/C28H26N.C11H20O2.Ir/c1-17-6-8-22-23(13-17)24-15-19(16-28(3,4)5)7-9-21(24)25-14-18(2)12-20-10-11-29-27(22)26(20)25;1-8(2)5-10(12)7-11(13)6-9(3)4;/h6-7,9-15H,16H2,1-5H3;7-9,12H,5-6H2,1-4H3;/q-1;;/b;10-7-;. The van der Waals surface area contributed by atoms with Gasteiger partial charge in [0.25, 0.3) is 0 Å². The first kappa shape index (κ1) is 34.4. The third-order valence-corrected chi connectivity index (χ3v) is 7.28. The van der Waals surface area contributed by atoms with Crippen molar-refractivity contribution in [3.63, 3.8) is 0 Å². The van der Waals surface area contributed by atoms with E-state index in [9.17, 15) is 9.90 Å². The molecule has 0 atom stereocenters. The summed E-state index contributed by atoms with van der Waals surface area (Å²) >= 11 is 0. The van der Waals surface area contributed by atoms with Crippen LogP contribution in [-0.2, 0) is 31.3 Å². The van der Waals surface area contributed by atoms with E-state index >= 15 is 0 Å². The van der Waals surface area contributed by atoms with Crippen LogP contribution in [0.25, 0.3) is 44.3 Å². The van der Waals surface area contributed by atoms with Gasteiger partial charge in [-0.25, -0.2) is 0 Å². The number of ketones is 1. The molecule has 0 aliphatic heterocycles. The monoisotopic (exact) mass is 753 g/mol. The summed E-state index contributed by atoms with van der Waals surface area (Å²) in [4.78, 5) is 16.0. The third-order valence-electron chi connectivity index (χ3n) is 7.28. The molecule has 4 heteroatoms. The SMILES string of the molecule is CC(C)CC(=O)/C=C(\O)CC(C)C.Cc1c[c-]c2c(c1)-c1cc(CC(C)(C)C)ccc1-c1cc(C)cc3ccnc-2c13.[Ir]. The van der Waals surface area contributed by atoms with Crippen LogP contribution in [0.15, 0.2) is 66.6 Å². The Labute approximate surface area is 272 Å². The zero-order valence-corrected chi connectivity index (χ0v) is 29.6. The summed E-state index contributed by atoms with van der Waals surface area (Å²) in [6, 6.07) is 21.7. The van der Waals surface area contributed by atoms with Gasteiger partial charge in [0.2, 0.25) is 0 Å². The topological polar surface area (TPSA) is 50.2 Å². The van der Waals surface area contributed by atoms with E-state index in [4.69, 9.17) is 4.98 Å². The van der Waals surface area contributed by atoms with Gasteiger partial charge in [0.15, 0.2) is 5.78 Å². The number of rotatable bonds is 6. The number of pyridine rings is 1. The van der Waals surface area contributed by atoms with Gasteiger partial charge in [0, 0.05) is 45.2 Å². The van der Waals surface area contributed by atoms with Crippen molar-refractivity contribution in [1.82, 2.24) is 4.98 Å². The molecule has 43 heavy (non-hydrogen) atoms. The van der Waals surface area contributed by atoms with Gasteiger partial charge in [-0.05, 0) is 75.4 Å². The minimum Gasteiger partial charge on any atom is -0.512 e. The number of carbonyl (C=O) groups excluding carboxylic acids is 1. The fraction of sp³-hybridized carbons (Fsp3) is 0.385. The Morgan fingerprint density at radius 1 is 0.884 bits per heavy atom. The molecule has 4 aromatic rings. The number of carbonyl (C=O) groups is 1. The Balaban J connectivity index is 0.000000310. The van der Waals surface area contributed by atoms with Gasteiger partial charge >= 0.3 is 0 Å². The Morgan fingerprint density at radius 2 is 1.56 bits per heavy atom. The van der Waals surface area contributed by atoms with E-state index in [0.29, 0.717) is 24.7 Å². The molecule has 5 rings (SSSR count). The van der Waals surface area contributed by atoms with Gasteiger partial charge in [0.05, 0.1) is 5.76 Å². The van der Waals surface area contributed by atoms with E-state index in [2.05, 4.69) is 89.2 Å². The van der Waals surface area contributed by atoms with Crippen LogP contribution in [0.3, 0.4) is 0 Å². The van der Waals surface area contributed by atoms with Gasteiger partial charge in [-0.15, -0.1) is 29.3 Å². The molecule has 3 aromatic carbocycles. The molecule has 1 radical (unpaired) electrons. The molecule has 1 N–H and O–H groups in total. The first-order valence-electron chi connectivity index (χ1n) is 15.2. The smallest absolute Gasteiger partial charge is 0.159 e. The van der Waals surface area contributed by atoms with E-state index in [1.165, 1.54) is 55.8 Å². The van der Waals surface area contributed by atoms with Crippen LogP contribution < -0.4 is 0 Å². The van der Waals surface area contributed by atoms with Crippen LogP contribution >= 0.6 is 0 Å². The van der Waals surface area contributed by atoms with E-state index in [1.807, 2.05) is 33.9 Å². The van der Waals surface area contributed by atoms with E-state index in [1.54, 1.807) is 0 Å². The van der Waals surface area contributed by atoms with Crippen molar-refractivity contribution in [2.75, 3.05) is 0 Å². The summed E-state index contributed by atoms with van der Waals surface area (Å²) in [6.45, 7) is 19.2. The molecule has 3 nitrogen and oxygen atoms in total. The molecule has 0 bridgehead atoms. The second kappa shape index (κ2) is 14.1. The molecule has 0 saturated heterocycles. The number of hydrogen-bond donors (Lipinski definition) is 1. The largest absolute Gasteiger partial charge is 0.512 e. The molecule has 229 valence electrons. The van der Waals surface area contributed by atoms with Crippen molar-refractivity contribution in [2.24, 2.45) is 17.3 Å². The fourth-order valence-corrected chi connectivity index (χ4v) is 5.78. The Kier molecular flexibility index (Phi) is 11.3.